The van der Waals surface area contributed by atoms with Crippen LogP contribution in [0.15, 0.2) is 24.3 Å². The first-order valence-electron chi connectivity index (χ1n) is 5.12. The Morgan fingerprint density at radius 2 is 1.15 bits per heavy atom. The molecule has 1 rings (SSSR count). The molecule has 0 aliphatic heterocycles. The summed E-state index contributed by atoms with van der Waals surface area (Å²) in [5, 5.41) is 0. The van der Waals surface area contributed by atoms with Crippen LogP contribution in [0.4, 0.5) is 0 Å². The predicted octanol–water partition coefficient (Wildman–Crippen LogP) is 3.41. The molecule has 0 amide bonds. The monoisotopic (exact) mass is 178 g/mol. The summed E-state index contributed by atoms with van der Waals surface area (Å²) in [6.45, 7) is 7.62. The van der Waals surface area contributed by atoms with Crippen LogP contribution in [-0.4, -0.2) is 5.78 Å². The summed E-state index contributed by atoms with van der Waals surface area (Å²) in [6.07, 6.45) is 7.69. The average Bonchev–Trinajstić information content (AvgIpc) is 2.13. The first-order valence-corrected chi connectivity index (χ1v) is 5.12. The average molecular weight is 178 g/mol. The van der Waals surface area contributed by atoms with Crippen molar-refractivity contribution >= 4 is 5.78 Å². The minimum Gasteiger partial charge on any atom is -0.289 e. The van der Waals surface area contributed by atoms with Crippen molar-refractivity contribution in [1.82, 2.24) is 0 Å². The van der Waals surface area contributed by atoms with Crippen molar-refractivity contribution in [3.05, 3.63) is 24.3 Å². The molecule has 0 bridgehead atoms. The number of carbonyl (C=O) groups is 1. The first-order chi connectivity index (χ1) is 6.22. The maximum Gasteiger partial charge on any atom is 0.183 e. The summed E-state index contributed by atoms with van der Waals surface area (Å²) in [7, 11) is 0. The summed E-state index contributed by atoms with van der Waals surface area (Å²) >= 11 is 0. The number of hydrogen-bond donors (Lipinski definition) is 0. The Balaban J connectivity index is 2.55. The summed E-state index contributed by atoms with van der Waals surface area (Å²) < 4.78 is 0. The van der Waals surface area contributed by atoms with Crippen LogP contribution in [0.3, 0.4) is 0 Å². The number of carbonyl (C=O) groups excluding carboxylic acids is 1. The fraction of sp³-hybridized carbons (Fsp3) is 0.583. The molecule has 0 N–H and O–H groups in total. The van der Waals surface area contributed by atoms with Crippen molar-refractivity contribution in [3.63, 3.8) is 0 Å². The zero-order chi connectivity index (χ0) is 9.68. The molecular formula is C12H18O. The van der Waals surface area contributed by atoms with E-state index in [1.165, 1.54) is 19.3 Å². The summed E-state index contributed by atoms with van der Waals surface area (Å²) in [6, 6.07) is 0. The second kappa shape index (κ2) is 5.00. The zero-order valence-electron chi connectivity index (χ0n) is 8.27. The standard InChI is InChI=1S/C12H18O/c1-10-8-6-4-3-5-7-9-11(2)12(10)13/h1-9H2. The highest BCUT2D eigenvalue weighted by Crippen LogP contribution is 2.19. The molecule has 0 spiro atoms. The molecule has 1 saturated carbocycles. The molecule has 72 valence electrons. The molecule has 1 nitrogen and oxygen atoms in total. The van der Waals surface area contributed by atoms with Gasteiger partial charge in [0.15, 0.2) is 5.78 Å². The Morgan fingerprint density at radius 1 is 0.769 bits per heavy atom. The molecule has 0 aromatic rings. The van der Waals surface area contributed by atoms with Crippen molar-refractivity contribution in [2.45, 2.75) is 44.9 Å². The van der Waals surface area contributed by atoms with Crippen LogP contribution in [0.5, 0.6) is 0 Å². The molecule has 1 fully saturated rings. The highest BCUT2D eigenvalue weighted by Gasteiger charge is 2.11. The lowest BCUT2D eigenvalue weighted by atomic mass is 9.94. The van der Waals surface area contributed by atoms with Gasteiger partial charge < -0.3 is 0 Å². The quantitative estimate of drug-likeness (QED) is 0.519. The maximum absolute atomic E-state index is 11.6. The van der Waals surface area contributed by atoms with Crippen molar-refractivity contribution in [2.24, 2.45) is 0 Å². The van der Waals surface area contributed by atoms with E-state index in [2.05, 4.69) is 13.2 Å². The molecule has 0 aromatic heterocycles. The van der Waals surface area contributed by atoms with E-state index in [4.69, 9.17) is 0 Å². The van der Waals surface area contributed by atoms with Crippen LogP contribution in [-0.2, 0) is 4.79 Å². The fourth-order valence-electron chi connectivity index (χ4n) is 1.68. The number of allylic oxidation sites excluding steroid dienone is 2. The van der Waals surface area contributed by atoms with Gasteiger partial charge in [-0.2, -0.15) is 0 Å². The molecule has 1 aliphatic carbocycles. The summed E-state index contributed by atoms with van der Waals surface area (Å²) in [5.74, 6) is 0.113. The van der Waals surface area contributed by atoms with Gasteiger partial charge in [-0.1, -0.05) is 32.4 Å². The van der Waals surface area contributed by atoms with Crippen molar-refractivity contribution in [1.29, 1.82) is 0 Å². The Kier molecular flexibility index (Phi) is 3.94. The molecule has 13 heavy (non-hydrogen) atoms. The van der Waals surface area contributed by atoms with E-state index in [0.717, 1.165) is 36.8 Å². The number of hydrogen-bond acceptors (Lipinski definition) is 1. The van der Waals surface area contributed by atoms with Gasteiger partial charge in [0.25, 0.3) is 0 Å². The number of Topliss-reactive ketones (excluding diaryl/α,β-unsaturated/α-hetero) is 1. The zero-order valence-corrected chi connectivity index (χ0v) is 8.27. The topological polar surface area (TPSA) is 17.1 Å². The van der Waals surface area contributed by atoms with Gasteiger partial charge in [-0.25, -0.2) is 0 Å². The van der Waals surface area contributed by atoms with Crippen LogP contribution in [0.2, 0.25) is 0 Å². The number of rotatable bonds is 0. The highest BCUT2D eigenvalue weighted by atomic mass is 16.1. The Morgan fingerprint density at radius 3 is 1.62 bits per heavy atom. The number of ketones is 1. The van der Waals surface area contributed by atoms with Crippen molar-refractivity contribution < 1.29 is 4.79 Å². The second-order valence-corrected chi connectivity index (χ2v) is 3.80. The van der Waals surface area contributed by atoms with E-state index >= 15 is 0 Å². The van der Waals surface area contributed by atoms with Gasteiger partial charge in [0.2, 0.25) is 0 Å². The Hall–Kier alpha value is -0.850. The first kappa shape index (κ1) is 10.2. The summed E-state index contributed by atoms with van der Waals surface area (Å²) in [5.41, 5.74) is 1.51. The van der Waals surface area contributed by atoms with Gasteiger partial charge >= 0.3 is 0 Å². The smallest absolute Gasteiger partial charge is 0.183 e. The van der Waals surface area contributed by atoms with Gasteiger partial charge in [0, 0.05) is 0 Å². The SMILES string of the molecule is C=C1CCCCCCCC(=C)C1=O. The van der Waals surface area contributed by atoms with Crippen LogP contribution >= 0.6 is 0 Å². The van der Waals surface area contributed by atoms with Crippen LogP contribution in [0.1, 0.15) is 44.9 Å². The van der Waals surface area contributed by atoms with E-state index in [9.17, 15) is 4.79 Å². The maximum atomic E-state index is 11.6. The van der Waals surface area contributed by atoms with Gasteiger partial charge in [-0.05, 0) is 36.8 Å². The van der Waals surface area contributed by atoms with Gasteiger partial charge in [-0.3, -0.25) is 4.79 Å². The Bertz CT molecular complexity index is 203. The fourth-order valence-corrected chi connectivity index (χ4v) is 1.68. The van der Waals surface area contributed by atoms with E-state index in [0.29, 0.717) is 0 Å². The normalized spacial score (nSPS) is 21.7. The molecule has 1 heteroatoms. The molecule has 0 atom stereocenters. The summed E-state index contributed by atoms with van der Waals surface area (Å²) in [4.78, 5) is 11.6. The van der Waals surface area contributed by atoms with E-state index in [-0.39, 0.29) is 5.78 Å². The molecule has 0 radical (unpaired) electrons. The van der Waals surface area contributed by atoms with E-state index < -0.39 is 0 Å². The second-order valence-electron chi connectivity index (χ2n) is 3.80. The molecule has 1 aliphatic rings. The lowest BCUT2D eigenvalue weighted by Gasteiger charge is -2.10. The largest absolute Gasteiger partial charge is 0.289 e. The molecule has 0 aromatic carbocycles. The van der Waals surface area contributed by atoms with Crippen molar-refractivity contribution in [2.75, 3.05) is 0 Å². The lowest BCUT2D eigenvalue weighted by molar-refractivity contribution is -0.112. The van der Waals surface area contributed by atoms with E-state index in [1.54, 1.807) is 0 Å². The van der Waals surface area contributed by atoms with Gasteiger partial charge in [0.05, 0.1) is 0 Å². The molecule has 0 heterocycles. The van der Waals surface area contributed by atoms with Crippen molar-refractivity contribution in [3.8, 4) is 0 Å². The Labute approximate surface area is 80.5 Å². The lowest BCUT2D eigenvalue weighted by Crippen LogP contribution is -2.06. The van der Waals surface area contributed by atoms with Gasteiger partial charge in [0.1, 0.15) is 0 Å². The van der Waals surface area contributed by atoms with Gasteiger partial charge in [-0.15, -0.1) is 0 Å². The minimum atomic E-state index is 0.113. The minimum absolute atomic E-state index is 0.113. The van der Waals surface area contributed by atoms with Crippen LogP contribution < -0.4 is 0 Å². The van der Waals surface area contributed by atoms with Crippen LogP contribution in [0.25, 0.3) is 0 Å². The molecule has 0 saturated heterocycles. The highest BCUT2D eigenvalue weighted by molar-refractivity contribution is 6.07. The predicted molar refractivity (Wildman–Crippen MR) is 55.6 cm³/mol. The third-order valence-corrected chi connectivity index (χ3v) is 2.60. The molecular weight excluding hydrogens is 160 g/mol. The van der Waals surface area contributed by atoms with E-state index in [1.807, 2.05) is 0 Å². The third kappa shape index (κ3) is 3.17. The van der Waals surface area contributed by atoms with Crippen LogP contribution in [0, 0.1) is 0 Å². The third-order valence-electron chi connectivity index (χ3n) is 2.60. The molecule has 0 unspecified atom stereocenters.